The lowest BCUT2D eigenvalue weighted by molar-refractivity contribution is -0.147. The van der Waals surface area contributed by atoms with E-state index in [9.17, 15) is 9.18 Å². The van der Waals surface area contributed by atoms with Gasteiger partial charge in [0.05, 0.1) is 11.5 Å². The molecule has 1 aromatic rings. The van der Waals surface area contributed by atoms with E-state index < -0.39 is 14.0 Å². The summed E-state index contributed by atoms with van der Waals surface area (Å²) in [5.74, 6) is 1.60. The van der Waals surface area contributed by atoms with Crippen LogP contribution >= 0.6 is 0 Å². The average Bonchev–Trinajstić information content (AvgIpc) is 2.30. The fourth-order valence-electron chi connectivity index (χ4n) is 2.13. The molecule has 1 aromatic carbocycles. The zero-order chi connectivity index (χ0) is 15.6. The average molecular weight is 305 g/mol. The van der Waals surface area contributed by atoms with E-state index in [1.165, 1.54) is 6.07 Å². The van der Waals surface area contributed by atoms with E-state index in [1.807, 2.05) is 11.0 Å². The number of carboxylic acids is 1. The van der Waals surface area contributed by atoms with Crippen molar-refractivity contribution in [3.05, 3.63) is 35.1 Å². The molecule has 0 saturated carbocycles. The van der Waals surface area contributed by atoms with E-state index in [1.54, 1.807) is 6.07 Å². The lowest BCUT2D eigenvalue weighted by Gasteiger charge is -2.36. The predicted octanol–water partition coefficient (Wildman–Crippen LogP) is 2.57. The Labute approximate surface area is 125 Å². The number of benzene rings is 1. The Balaban J connectivity index is 2.00. The Morgan fingerprint density at radius 1 is 1.43 bits per heavy atom. The Morgan fingerprint density at radius 3 is 2.62 bits per heavy atom. The zero-order valence-corrected chi connectivity index (χ0v) is 13.6. The highest BCUT2D eigenvalue weighted by Crippen LogP contribution is 2.20. The zero-order valence-electron chi connectivity index (χ0n) is 12.6. The van der Waals surface area contributed by atoms with Crippen LogP contribution in [0.2, 0.25) is 19.6 Å². The van der Waals surface area contributed by atoms with Gasteiger partial charge in [-0.05, 0) is 17.7 Å². The van der Waals surface area contributed by atoms with E-state index in [-0.39, 0.29) is 11.7 Å². The summed E-state index contributed by atoms with van der Waals surface area (Å²) in [6, 6.07) is 5.08. The van der Waals surface area contributed by atoms with Gasteiger partial charge in [0, 0.05) is 19.6 Å². The van der Waals surface area contributed by atoms with Gasteiger partial charge in [0.1, 0.15) is 13.9 Å². The topological polar surface area (TPSA) is 40.5 Å². The van der Waals surface area contributed by atoms with Crippen LogP contribution < -0.4 is 0 Å². The number of hydrogen-bond acceptors (Lipinski definition) is 2. The Hall–Kier alpha value is -1.64. The van der Waals surface area contributed by atoms with E-state index >= 15 is 0 Å². The molecule has 0 bridgehead atoms. The van der Waals surface area contributed by atoms with Gasteiger partial charge in [0.25, 0.3) is 0 Å². The van der Waals surface area contributed by atoms with Crippen LogP contribution in [0.15, 0.2) is 18.2 Å². The van der Waals surface area contributed by atoms with Gasteiger partial charge in [-0.25, -0.2) is 4.39 Å². The third-order valence-corrected chi connectivity index (χ3v) is 4.19. The maximum atomic E-state index is 14.0. The largest absolute Gasteiger partial charge is 0.481 e. The molecular weight excluding hydrogens is 285 g/mol. The summed E-state index contributed by atoms with van der Waals surface area (Å²) in [6.07, 6.45) is 0. The molecule has 1 saturated heterocycles. The van der Waals surface area contributed by atoms with Crippen LogP contribution in [-0.2, 0) is 11.3 Å². The summed E-state index contributed by atoms with van der Waals surface area (Å²) in [5, 5.41) is 8.82. The summed E-state index contributed by atoms with van der Waals surface area (Å²) < 4.78 is 14.0. The number of aliphatic carboxylic acids is 1. The van der Waals surface area contributed by atoms with Crippen LogP contribution in [0.3, 0.4) is 0 Å². The smallest absolute Gasteiger partial charge is 0.309 e. The van der Waals surface area contributed by atoms with Crippen LogP contribution in [0.1, 0.15) is 11.1 Å². The molecule has 1 fully saturated rings. The molecule has 0 aliphatic carbocycles. The van der Waals surface area contributed by atoms with Crippen molar-refractivity contribution in [2.75, 3.05) is 13.1 Å². The molecule has 112 valence electrons. The number of nitrogens with zero attached hydrogens (tertiary/aromatic N) is 1. The van der Waals surface area contributed by atoms with Gasteiger partial charge in [-0.15, -0.1) is 5.54 Å². The van der Waals surface area contributed by atoms with Gasteiger partial charge in [0.15, 0.2) is 0 Å². The quantitative estimate of drug-likeness (QED) is 0.689. The van der Waals surface area contributed by atoms with Crippen molar-refractivity contribution in [2.24, 2.45) is 5.92 Å². The molecule has 3 nitrogen and oxygen atoms in total. The molecule has 21 heavy (non-hydrogen) atoms. The first-order valence-electron chi connectivity index (χ1n) is 7.01. The third-order valence-electron chi connectivity index (χ3n) is 3.32. The molecule has 0 aromatic heterocycles. The van der Waals surface area contributed by atoms with Crippen LogP contribution in [0.25, 0.3) is 0 Å². The summed E-state index contributed by atoms with van der Waals surface area (Å²) in [4.78, 5) is 12.7. The van der Waals surface area contributed by atoms with Gasteiger partial charge in [0.2, 0.25) is 0 Å². The molecule has 5 heteroatoms. The predicted molar refractivity (Wildman–Crippen MR) is 83.0 cm³/mol. The number of rotatable bonds is 3. The second-order valence-electron chi connectivity index (χ2n) is 6.54. The second kappa shape index (κ2) is 6.00. The highest BCUT2D eigenvalue weighted by Gasteiger charge is 2.32. The van der Waals surface area contributed by atoms with Crippen molar-refractivity contribution in [1.29, 1.82) is 0 Å². The van der Waals surface area contributed by atoms with E-state index in [4.69, 9.17) is 5.11 Å². The van der Waals surface area contributed by atoms with Gasteiger partial charge in [-0.2, -0.15) is 0 Å². The number of likely N-dealkylation sites (tertiary alicyclic amines) is 1. The minimum Gasteiger partial charge on any atom is -0.481 e. The Bertz CT molecular complexity index is 607. The number of carbonyl (C=O) groups is 1. The van der Waals surface area contributed by atoms with E-state index in [2.05, 4.69) is 31.1 Å². The molecule has 0 amide bonds. The number of hydrogen-bond donors (Lipinski definition) is 1. The highest BCUT2D eigenvalue weighted by atomic mass is 28.3. The summed E-state index contributed by atoms with van der Waals surface area (Å²) in [7, 11) is -1.51. The standard InChI is InChI=1S/C16H20FNO2Si/c1-21(2,3)7-6-13-5-4-12(8-15(13)17)9-18-10-14(11-18)16(19)20/h4-5,8,14H,9-11H2,1-3H3,(H,19,20). The van der Waals surface area contributed by atoms with Crippen molar-refractivity contribution in [1.82, 2.24) is 4.90 Å². The molecule has 1 aliphatic rings. The van der Waals surface area contributed by atoms with Crippen LogP contribution in [0, 0.1) is 23.2 Å². The number of carboxylic acid groups (broad SMARTS) is 1. The second-order valence-corrected chi connectivity index (χ2v) is 11.3. The van der Waals surface area contributed by atoms with Gasteiger partial charge in [-0.1, -0.05) is 31.6 Å². The lowest BCUT2D eigenvalue weighted by Crippen LogP contribution is -2.49. The van der Waals surface area contributed by atoms with Crippen molar-refractivity contribution in [3.8, 4) is 11.5 Å². The maximum absolute atomic E-state index is 14.0. The first-order valence-corrected chi connectivity index (χ1v) is 10.5. The summed E-state index contributed by atoms with van der Waals surface area (Å²) >= 11 is 0. The first-order chi connectivity index (χ1) is 9.74. The third kappa shape index (κ3) is 4.41. The fourth-order valence-corrected chi connectivity index (χ4v) is 2.64. The molecule has 0 radical (unpaired) electrons. The van der Waals surface area contributed by atoms with Crippen molar-refractivity contribution in [2.45, 2.75) is 26.2 Å². The molecule has 1 aliphatic heterocycles. The first kappa shape index (κ1) is 15.7. The van der Waals surface area contributed by atoms with Gasteiger partial charge in [-0.3, -0.25) is 9.69 Å². The molecule has 1 heterocycles. The monoisotopic (exact) mass is 305 g/mol. The molecule has 2 rings (SSSR count). The Kier molecular flexibility index (Phi) is 4.50. The minimum absolute atomic E-state index is 0.281. The lowest BCUT2D eigenvalue weighted by atomic mass is 9.99. The molecule has 1 N–H and O–H groups in total. The number of halogens is 1. The summed E-state index contributed by atoms with van der Waals surface area (Å²) in [5.41, 5.74) is 4.45. The van der Waals surface area contributed by atoms with E-state index in [0.717, 1.165) is 5.56 Å². The fraction of sp³-hybridized carbons (Fsp3) is 0.438. The molecule has 0 atom stereocenters. The van der Waals surface area contributed by atoms with Crippen molar-refractivity contribution < 1.29 is 14.3 Å². The van der Waals surface area contributed by atoms with Crippen LogP contribution in [0.4, 0.5) is 4.39 Å². The van der Waals surface area contributed by atoms with Crippen LogP contribution in [-0.4, -0.2) is 37.1 Å². The SMILES string of the molecule is C[Si](C)(C)C#Cc1ccc(CN2CC(C(=O)O)C2)cc1F. The molecule has 0 unspecified atom stereocenters. The van der Waals surface area contributed by atoms with Crippen LogP contribution in [0.5, 0.6) is 0 Å². The van der Waals surface area contributed by atoms with Crippen molar-refractivity contribution in [3.63, 3.8) is 0 Å². The minimum atomic E-state index is -1.51. The molecule has 0 spiro atoms. The summed E-state index contributed by atoms with van der Waals surface area (Å²) in [6.45, 7) is 8.02. The Morgan fingerprint density at radius 2 is 2.10 bits per heavy atom. The normalized spacial score (nSPS) is 16.0. The maximum Gasteiger partial charge on any atom is 0.309 e. The van der Waals surface area contributed by atoms with Gasteiger partial charge >= 0.3 is 5.97 Å². The van der Waals surface area contributed by atoms with Crippen molar-refractivity contribution >= 4 is 14.0 Å². The highest BCUT2D eigenvalue weighted by molar-refractivity contribution is 6.83. The van der Waals surface area contributed by atoms with Gasteiger partial charge < -0.3 is 5.11 Å². The van der Waals surface area contributed by atoms with E-state index in [0.29, 0.717) is 25.2 Å². The molecular formula is C16H20FNO2Si.